The number of carboxylic acids is 1. The number of benzene rings is 1. The first-order valence-electron chi connectivity index (χ1n) is 5.55. The van der Waals surface area contributed by atoms with Crippen molar-refractivity contribution >= 4 is 27.4 Å². The quantitative estimate of drug-likeness (QED) is 0.795. The van der Waals surface area contributed by atoms with Crippen LogP contribution in [0, 0.1) is 0 Å². The van der Waals surface area contributed by atoms with E-state index in [-0.39, 0.29) is 10.6 Å². The van der Waals surface area contributed by atoms with Crippen LogP contribution >= 0.6 is 0 Å². The van der Waals surface area contributed by atoms with Crippen LogP contribution < -0.4 is 5.32 Å². The summed E-state index contributed by atoms with van der Waals surface area (Å²) >= 11 is 0. The van der Waals surface area contributed by atoms with Crippen molar-refractivity contribution in [1.82, 2.24) is 0 Å². The van der Waals surface area contributed by atoms with Gasteiger partial charge in [-0.25, -0.2) is 13.2 Å². The third kappa shape index (κ3) is 4.58. The highest BCUT2D eigenvalue weighted by molar-refractivity contribution is 7.91. The van der Waals surface area contributed by atoms with Gasteiger partial charge >= 0.3 is 18.1 Å². The Labute approximate surface area is 123 Å². The lowest BCUT2D eigenvalue weighted by atomic mass is 10.3. The lowest BCUT2D eigenvalue weighted by molar-refractivity contribution is -0.167. The molecule has 0 aliphatic heterocycles. The minimum absolute atomic E-state index is 0.252. The van der Waals surface area contributed by atoms with E-state index in [0.29, 0.717) is 0 Å². The lowest BCUT2D eigenvalue weighted by Crippen LogP contribution is -2.29. The average Bonchev–Trinajstić information content (AvgIpc) is 2.37. The van der Waals surface area contributed by atoms with Crippen molar-refractivity contribution in [2.45, 2.75) is 11.1 Å². The summed E-state index contributed by atoms with van der Waals surface area (Å²) in [5.74, 6) is -4.50. The Kier molecular flexibility index (Phi) is 4.97. The molecule has 0 aromatic heterocycles. The van der Waals surface area contributed by atoms with Crippen molar-refractivity contribution in [2.75, 3.05) is 11.1 Å². The molecule has 0 atom stereocenters. The molecule has 120 valence electrons. The molecule has 6 nitrogen and oxygen atoms in total. The van der Waals surface area contributed by atoms with Gasteiger partial charge in [0.1, 0.15) is 0 Å². The summed E-state index contributed by atoms with van der Waals surface area (Å²) in [7, 11) is -3.99. The molecule has 1 rings (SSSR count). The van der Waals surface area contributed by atoms with Crippen LogP contribution in [-0.2, 0) is 19.4 Å². The minimum atomic E-state index is -5.07. The molecule has 0 heterocycles. The minimum Gasteiger partial charge on any atom is -0.478 e. The van der Waals surface area contributed by atoms with Gasteiger partial charge in [0.2, 0.25) is 0 Å². The number of nitrogens with one attached hydrogen (secondary N) is 1. The summed E-state index contributed by atoms with van der Waals surface area (Å²) in [5.41, 5.74) is -0.798. The van der Waals surface area contributed by atoms with E-state index in [4.69, 9.17) is 5.11 Å². The Morgan fingerprint density at radius 2 is 1.68 bits per heavy atom. The molecule has 0 saturated carbocycles. The smallest absolute Gasteiger partial charge is 0.471 e. The van der Waals surface area contributed by atoms with Crippen LogP contribution in [0.5, 0.6) is 0 Å². The van der Waals surface area contributed by atoms with Crippen molar-refractivity contribution in [3.63, 3.8) is 0 Å². The Morgan fingerprint density at radius 1 is 1.18 bits per heavy atom. The lowest BCUT2D eigenvalue weighted by Gasteiger charge is -2.09. The number of sulfone groups is 1. The summed E-state index contributed by atoms with van der Waals surface area (Å²) in [4.78, 5) is 21.0. The molecule has 0 aliphatic carbocycles. The fourth-order valence-corrected chi connectivity index (χ4v) is 2.62. The molecule has 2 N–H and O–H groups in total. The summed E-state index contributed by atoms with van der Waals surface area (Å²) in [6.07, 6.45) is -5.07. The Balaban J connectivity index is 2.91. The van der Waals surface area contributed by atoms with Crippen LogP contribution in [0.1, 0.15) is 0 Å². The molecule has 0 aliphatic rings. The maximum Gasteiger partial charge on any atom is 0.471 e. The summed E-state index contributed by atoms with van der Waals surface area (Å²) in [5, 5.41) is 10.1. The molecule has 10 heteroatoms. The topological polar surface area (TPSA) is 101 Å². The van der Waals surface area contributed by atoms with Crippen molar-refractivity contribution in [1.29, 1.82) is 0 Å². The number of halogens is 3. The third-order valence-corrected chi connectivity index (χ3v) is 4.11. The molecule has 0 fully saturated rings. The number of carboxylic acid groups (broad SMARTS) is 1. The summed E-state index contributed by atoms with van der Waals surface area (Å²) < 4.78 is 59.8. The third-order valence-electron chi connectivity index (χ3n) is 2.40. The van der Waals surface area contributed by atoms with Crippen LogP contribution in [-0.4, -0.2) is 37.3 Å². The maximum atomic E-state index is 12.0. The molecular formula is C12H10F3NO5S. The molecular weight excluding hydrogens is 327 g/mol. The number of rotatable bonds is 5. The molecule has 1 amide bonds. The molecule has 0 radical (unpaired) electrons. The normalized spacial score (nSPS) is 11.8. The average molecular weight is 337 g/mol. The second-order valence-corrected chi connectivity index (χ2v) is 6.13. The Hall–Kier alpha value is -2.36. The molecule has 0 saturated heterocycles. The van der Waals surface area contributed by atoms with E-state index < -0.39 is 39.2 Å². The maximum absolute atomic E-state index is 12.0. The first kappa shape index (κ1) is 17.7. The molecule has 0 bridgehead atoms. The number of carbonyl (C=O) groups excluding carboxylic acids is 1. The van der Waals surface area contributed by atoms with Gasteiger partial charge in [-0.15, -0.1) is 0 Å². The number of hydrogen-bond donors (Lipinski definition) is 2. The number of amides is 1. The zero-order valence-electron chi connectivity index (χ0n) is 10.8. The van der Waals surface area contributed by atoms with E-state index in [1.807, 2.05) is 0 Å². The summed E-state index contributed by atoms with van der Waals surface area (Å²) in [6.45, 7) is 3.09. The van der Waals surface area contributed by atoms with Gasteiger partial charge in [0.15, 0.2) is 9.84 Å². The number of carbonyl (C=O) groups is 2. The molecule has 1 aromatic rings. The molecule has 0 unspecified atom stereocenters. The van der Waals surface area contributed by atoms with Gasteiger partial charge in [-0.3, -0.25) is 4.79 Å². The number of aliphatic carboxylic acids is 1. The van der Waals surface area contributed by atoms with Crippen LogP contribution in [0.3, 0.4) is 0 Å². The summed E-state index contributed by atoms with van der Waals surface area (Å²) in [6, 6.07) is 3.83. The first-order chi connectivity index (χ1) is 9.93. The first-order valence-corrected chi connectivity index (χ1v) is 7.21. The van der Waals surface area contributed by atoms with E-state index in [9.17, 15) is 31.2 Å². The van der Waals surface area contributed by atoms with Crippen LogP contribution in [0.25, 0.3) is 0 Å². The van der Waals surface area contributed by atoms with Gasteiger partial charge < -0.3 is 10.4 Å². The van der Waals surface area contributed by atoms with E-state index in [2.05, 4.69) is 6.58 Å². The zero-order valence-corrected chi connectivity index (χ0v) is 11.7. The highest BCUT2D eigenvalue weighted by Crippen LogP contribution is 2.20. The number of alkyl halides is 3. The second kappa shape index (κ2) is 6.18. The van der Waals surface area contributed by atoms with Gasteiger partial charge in [-0.1, -0.05) is 6.58 Å². The molecule has 0 spiro atoms. The van der Waals surface area contributed by atoms with Crippen LogP contribution in [0.4, 0.5) is 18.9 Å². The largest absolute Gasteiger partial charge is 0.478 e. The predicted octanol–water partition coefficient (Wildman–Crippen LogP) is 1.60. The fourth-order valence-electron chi connectivity index (χ4n) is 1.32. The second-order valence-electron chi connectivity index (χ2n) is 4.14. The van der Waals surface area contributed by atoms with Crippen molar-refractivity contribution in [3.8, 4) is 0 Å². The predicted molar refractivity (Wildman–Crippen MR) is 70.0 cm³/mol. The van der Waals surface area contributed by atoms with Crippen LogP contribution in [0.15, 0.2) is 41.3 Å². The van der Waals surface area contributed by atoms with E-state index in [0.717, 1.165) is 24.3 Å². The zero-order chi connectivity index (χ0) is 17.1. The number of anilines is 1. The Bertz CT molecular complexity index is 707. The van der Waals surface area contributed by atoms with Crippen molar-refractivity contribution in [2.24, 2.45) is 0 Å². The van der Waals surface area contributed by atoms with Gasteiger partial charge in [-0.05, 0) is 24.3 Å². The highest BCUT2D eigenvalue weighted by atomic mass is 32.2. The Morgan fingerprint density at radius 3 is 2.09 bits per heavy atom. The highest BCUT2D eigenvalue weighted by Gasteiger charge is 2.38. The number of hydrogen-bond acceptors (Lipinski definition) is 4. The SMILES string of the molecule is C=C(CS(=O)(=O)c1ccc(NC(=O)C(F)(F)F)cc1)C(=O)O. The van der Waals surface area contributed by atoms with Gasteiger partial charge in [0.25, 0.3) is 0 Å². The molecule has 22 heavy (non-hydrogen) atoms. The van der Waals surface area contributed by atoms with Gasteiger partial charge in [0.05, 0.1) is 10.6 Å². The standard InChI is InChI=1S/C12H10F3NO5S/c1-7(10(17)18)6-22(20,21)9-4-2-8(3-5-9)16-11(19)12(13,14)15/h2-5H,1,6H2,(H,16,19)(H,17,18). The fraction of sp³-hybridized carbons (Fsp3) is 0.167. The van der Waals surface area contributed by atoms with E-state index in [1.54, 1.807) is 5.32 Å². The monoisotopic (exact) mass is 337 g/mol. The van der Waals surface area contributed by atoms with Gasteiger partial charge in [-0.2, -0.15) is 13.2 Å². The van der Waals surface area contributed by atoms with E-state index >= 15 is 0 Å². The van der Waals surface area contributed by atoms with Gasteiger partial charge in [0, 0.05) is 11.3 Å². The van der Waals surface area contributed by atoms with Crippen molar-refractivity contribution in [3.05, 3.63) is 36.4 Å². The molecule has 1 aromatic carbocycles. The van der Waals surface area contributed by atoms with Crippen LogP contribution in [0.2, 0.25) is 0 Å². The van der Waals surface area contributed by atoms with E-state index in [1.165, 1.54) is 0 Å². The van der Waals surface area contributed by atoms with Crippen molar-refractivity contribution < 1.29 is 36.3 Å².